The SMILES string of the molecule is CCC(CC)CNC(=O)c1cccc2c1OCCO2. The number of carbonyl (C=O) groups is 1. The van der Waals surface area contributed by atoms with Crippen molar-refractivity contribution in [1.29, 1.82) is 0 Å². The minimum absolute atomic E-state index is 0.0887. The van der Waals surface area contributed by atoms with E-state index in [0.717, 1.165) is 12.8 Å². The van der Waals surface area contributed by atoms with Gasteiger partial charge in [0.25, 0.3) is 5.91 Å². The Balaban J connectivity index is 2.07. The molecule has 1 aromatic rings. The van der Waals surface area contributed by atoms with E-state index in [9.17, 15) is 4.79 Å². The van der Waals surface area contributed by atoms with Gasteiger partial charge in [-0.2, -0.15) is 0 Å². The maximum absolute atomic E-state index is 12.2. The first kappa shape index (κ1) is 13.7. The molecule has 0 fully saturated rings. The lowest BCUT2D eigenvalue weighted by Gasteiger charge is -2.21. The van der Waals surface area contributed by atoms with Crippen molar-refractivity contribution in [3.63, 3.8) is 0 Å². The molecular formula is C15H21NO3. The van der Waals surface area contributed by atoms with Crippen molar-refractivity contribution in [1.82, 2.24) is 5.32 Å². The Labute approximate surface area is 114 Å². The van der Waals surface area contributed by atoms with Gasteiger partial charge in [-0.3, -0.25) is 4.79 Å². The molecule has 0 radical (unpaired) electrons. The van der Waals surface area contributed by atoms with E-state index in [2.05, 4.69) is 19.2 Å². The van der Waals surface area contributed by atoms with E-state index < -0.39 is 0 Å². The summed E-state index contributed by atoms with van der Waals surface area (Å²) in [4.78, 5) is 12.2. The molecule has 0 saturated heterocycles. The quantitative estimate of drug-likeness (QED) is 0.888. The van der Waals surface area contributed by atoms with Crippen molar-refractivity contribution in [2.45, 2.75) is 26.7 Å². The fourth-order valence-corrected chi connectivity index (χ4v) is 2.16. The fraction of sp³-hybridized carbons (Fsp3) is 0.533. The molecule has 19 heavy (non-hydrogen) atoms. The van der Waals surface area contributed by atoms with E-state index in [0.29, 0.717) is 42.7 Å². The maximum atomic E-state index is 12.2. The second-order valence-electron chi connectivity index (χ2n) is 4.72. The van der Waals surface area contributed by atoms with Gasteiger partial charge in [-0.05, 0) is 18.1 Å². The largest absolute Gasteiger partial charge is 0.486 e. The molecule has 4 nitrogen and oxygen atoms in total. The third-order valence-corrected chi connectivity index (χ3v) is 3.52. The number of hydrogen-bond donors (Lipinski definition) is 1. The zero-order valence-corrected chi connectivity index (χ0v) is 11.6. The fourth-order valence-electron chi connectivity index (χ4n) is 2.16. The summed E-state index contributed by atoms with van der Waals surface area (Å²) in [5.74, 6) is 1.66. The standard InChI is InChI=1S/C15H21NO3/c1-3-11(4-2)10-16-15(17)12-6-5-7-13-14(12)19-9-8-18-13/h5-7,11H,3-4,8-10H2,1-2H3,(H,16,17). The molecule has 0 unspecified atom stereocenters. The van der Waals surface area contributed by atoms with Crippen LogP contribution in [0.15, 0.2) is 18.2 Å². The average Bonchev–Trinajstić information content (AvgIpc) is 2.47. The molecule has 1 aliphatic heterocycles. The Hall–Kier alpha value is -1.71. The highest BCUT2D eigenvalue weighted by molar-refractivity contribution is 5.97. The summed E-state index contributed by atoms with van der Waals surface area (Å²) < 4.78 is 11.0. The van der Waals surface area contributed by atoms with Crippen LogP contribution >= 0.6 is 0 Å². The highest BCUT2D eigenvalue weighted by atomic mass is 16.6. The molecule has 104 valence electrons. The predicted octanol–water partition coefficient (Wildman–Crippen LogP) is 2.62. The number of amides is 1. The van der Waals surface area contributed by atoms with Crippen LogP contribution in [-0.4, -0.2) is 25.7 Å². The van der Waals surface area contributed by atoms with Gasteiger partial charge in [-0.15, -0.1) is 0 Å². The molecule has 0 atom stereocenters. The Kier molecular flexibility index (Phi) is 4.66. The van der Waals surface area contributed by atoms with E-state index in [1.54, 1.807) is 6.07 Å². The van der Waals surface area contributed by atoms with Gasteiger partial charge in [0, 0.05) is 6.54 Å². The molecular weight excluding hydrogens is 242 g/mol. The first-order valence-corrected chi connectivity index (χ1v) is 6.93. The topological polar surface area (TPSA) is 47.6 Å². The summed E-state index contributed by atoms with van der Waals surface area (Å²) in [6.45, 7) is 6.01. The number of fused-ring (bicyclic) bond motifs is 1. The van der Waals surface area contributed by atoms with E-state index in [-0.39, 0.29) is 5.91 Å². The molecule has 4 heteroatoms. The average molecular weight is 263 g/mol. The number of para-hydroxylation sites is 1. The van der Waals surface area contributed by atoms with Crippen LogP contribution in [0, 0.1) is 5.92 Å². The number of rotatable bonds is 5. The van der Waals surface area contributed by atoms with Gasteiger partial charge in [-0.1, -0.05) is 32.8 Å². The van der Waals surface area contributed by atoms with Crippen molar-refractivity contribution in [3.8, 4) is 11.5 Å². The van der Waals surface area contributed by atoms with Gasteiger partial charge in [0.2, 0.25) is 0 Å². The third-order valence-electron chi connectivity index (χ3n) is 3.52. The first-order valence-electron chi connectivity index (χ1n) is 6.93. The summed E-state index contributed by atoms with van der Waals surface area (Å²) in [6.07, 6.45) is 2.15. The lowest BCUT2D eigenvalue weighted by Crippen LogP contribution is -2.30. The minimum atomic E-state index is -0.0887. The van der Waals surface area contributed by atoms with Gasteiger partial charge in [0.1, 0.15) is 13.2 Å². The van der Waals surface area contributed by atoms with Crippen LogP contribution in [0.5, 0.6) is 11.5 Å². The second kappa shape index (κ2) is 6.45. The molecule has 1 aliphatic rings. The van der Waals surface area contributed by atoms with E-state index in [4.69, 9.17) is 9.47 Å². The summed E-state index contributed by atoms with van der Waals surface area (Å²) in [5.41, 5.74) is 0.558. The number of hydrogen-bond acceptors (Lipinski definition) is 3. The summed E-state index contributed by atoms with van der Waals surface area (Å²) in [6, 6.07) is 5.42. The van der Waals surface area contributed by atoms with Gasteiger partial charge >= 0.3 is 0 Å². The van der Waals surface area contributed by atoms with E-state index in [1.165, 1.54) is 0 Å². The molecule has 0 bridgehead atoms. The third kappa shape index (κ3) is 3.19. The maximum Gasteiger partial charge on any atom is 0.255 e. The van der Waals surface area contributed by atoms with Gasteiger partial charge < -0.3 is 14.8 Å². The number of nitrogens with one attached hydrogen (secondary N) is 1. The van der Waals surface area contributed by atoms with Crippen molar-refractivity contribution >= 4 is 5.91 Å². The molecule has 1 heterocycles. The van der Waals surface area contributed by atoms with Crippen LogP contribution in [0.3, 0.4) is 0 Å². The van der Waals surface area contributed by atoms with Crippen LogP contribution in [0.1, 0.15) is 37.0 Å². The lowest BCUT2D eigenvalue weighted by atomic mass is 10.0. The number of ether oxygens (including phenoxy) is 2. The van der Waals surface area contributed by atoms with E-state index >= 15 is 0 Å². The Morgan fingerprint density at radius 3 is 2.74 bits per heavy atom. The zero-order chi connectivity index (χ0) is 13.7. The smallest absolute Gasteiger partial charge is 0.255 e. The zero-order valence-electron chi connectivity index (χ0n) is 11.6. The molecule has 0 aliphatic carbocycles. The van der Waals surface area contributed by atoms with Crippen LogP contribution in [0.2, 0.25) is 0 Å². The minimum Gasteiger partial charge on any atom is -0.486 e. The monoisotopic (exact) mass is 263 g/mol. The van der Waals surface area contributed by atoms with Crippen molar-refractivity contribution < 1.29 is 14.3 Å². The van der Waals surface area contributed by atoms with Gasteiger partial charge in [0.05, 0.1) is 5.56 Å². The highest BCUT2D eigenvalue weighted by Crippen LogP contribution is 2.33. The van der Waals surface area contributed by atoms with Crippen molar-refractivity contribution in [3.05, 3.63) is 23.8 Å². The summed E-state index contributed by atoms with van der Waals surface area (Å²) in [5, 5.41) is 2.98. The lowest BCUT2D eigenvalue weighted by molar-refractivity contribution is 0.0935. The Morgan fingerprint density at radius 1 is 1.26 bits per heavy atom. The molecule has 1 N–H and O–H groups in total. The van der Waals surface area contributed by atoms with Crippen molar-refractivity contribution in [2.75, 3.05) is 19.8 Å². The predicted molar refractivity (Wildman–Crippen MR) is 73.8 cm³/mol. The summed E-state index contributed by atoms with van der Waals surface area (Å²) in [7, 11) is 0. The summed E-state index contributed by atoms with van der Waals surface area (Å²) >= 11 is 0. The molecule has 0 spiro atoms. The molecule has 1 amide bonds. The normalized spacial score (nSPS) is 13.4. The molecule has 0 saturated carbocycles. The van der Waals surface area contributed by atoms with Crippen LogP contribution in [0.25, 0.3) is 0 Å². The van der Waals surface area contributed by atoms with Crippen LogP contribution < -0.4 is 14.8 Å². The highest BCUT2D eigenvalue weighted by Gasteiger charge is 2.20. The Morgan fingerprint density at radius 2 is 2.00 bits per heavy atom. The second-order valence-corrected chi connectivity index (χ2v) is 4.72. The molecule has 0 aromatic heterocycles. The van der Waals surface area contributed by atoms with Gasteiger partial charge in [0.15, 0.2) is 11.5 Å². The number of benzene rings is 1. The van der Waals surface area contributed by atoms with Crippen LogP contribution in [-0.2, 0) is 0 Å². The molecule has 2 rings (SSSR count). The van der Waals surface area contributed by atoms with Crippen LogP contribution in [0.4, 0.5) is 0 Å². The Bertz CT molecular complexity index is 441. The molecule has 1 aromatic carbocycles. The number of carbonyl (C=O) groups excluding carboxylic acids is 1. The van der Waals surface area contributed by atoms with E-state index in [1.807, 2.05) is 12.1 Å². The van der Waals surface area contributed by atoms with Gasteiger partial charge in [-0.25, -0.2) is 0 Å². The van der Waals surface area contributed by atoms with Crippen molar-refractivity contribution in [2.24, 2.45) is 5.92 Å². The first-order chi connectivity index (χ1) is 9.26.